The van der Waals surface area contributed by atoms with Gasteiger partial charge in [-0.25, -0.2) is 0 Å². The van der Waals surface area contributed by atoms with Crippen LogP contribution < -0.4 is 10.6 Å². The number of nitrogens with one attached hydrogen (secondary N) is 2. The monoisotopic (exact) mass is 276 g/mol. The molecule has 1 aliphatic heterocycles. The number of carbonyl (C=O) groups is 1. The Bertz CT molecular complexity index is 421. The molecule has 1 aromatic rings. The van der Waals surface area contributed by atoms with E-state index in [4.69, 9.17) is 4.74 Å². The first-order valence-electron chi connectivity index (χ1n) is 7.40. The Morgan fingerprint density at radius 1 is 1.40 bits per heavy atom. The van der Waals surface area contributed by atoms with E-state index in [1.54, 1.807) is 0 Å². The van der Waals surface area contributed by atoms with Gasteiger partial charge >= 0.3 is 0 Å². The number of hydrogen-bond acceptors (Lipinski definition) is 3. The SMILES string of the molecule is CC(C)OCCCCNC(=O)[C@@H]1Cc2ccccc2N1. The molecule has 0 bridgehead atoms. The summed E-state index contributed by atoms with van der Waals surface area (Å²) in [6, 6.07) is 7.96. The number of ether oxygens (including phenoxy) is 1. The molecule has 1 aromatic carbocycles. The Kier molecular flexibility index (Phi) is 5.41. The van der Waals surface area contributed by atoms with Gasteiger partial charge in [0.2, 0.25) is 5.91 Å². The van der Waals surface area contributed by atoms with Crippen molar-refractivity contribution in [2.24, 2.45) is 0 Å². The summed E-state index contributed by atoms with van der Waals surface area (Å²) in [5, 5.41) is 6.26. The van der Waals surface area contributed by atoms with E-state index >= 15 is 0 Å². The second kappa shape index (κ2) is 7.29. The first-order chi connectivity index (χ1) is 9.66. The van der Waals surface area contributed by atoms with Gasteiger partial charge in [0.15, 0.2) is 0 Å². The predicted molar refractivity (Wildman–Crippen MR) is 80.9 cm³/mol. The summed E-state index contributed by atoms with van der Waals surface area (Å²) in [4.78, 5) is 12.0. The van der Waals surface area contributed by atoms with Crippen LogP contribution in [-0.4, -0.2) is 31.2 Å². The van der Waals surface area contributed by atoms with Crippen molar-refractivity contribution in [1.82, 2.24) is 5.32 Å². The highest BCUT2D eigenvalue weighted by Crippen LogP contribution is 2.24. The van der Waals surface area contributed by atoms with E-state index in [-0.39, 0.29) is 18.1 Å². The maximum atomic E-state index is 12.0. The molecule has 0 radical (unpaired) electrons. The average molecular weight is 276 g/mol. The molecule has 1 heterocycles. The highest BCUT2D eigenvalue weighted by molar-refractivity contribution is 5.87. The van der Waals surface area contributed by atoms with Crippen LogP contribution in [0.5, 0.6) is 0 Å². The van der Waals surface area contributed by atoms with Gasteiger partial charge < -0.3 is 15.4 Å². The van der Waals surface area contributed by atoms with Gasteiger partial charge in [-0.15, -0.1) is 0 Å². The van der Waals surface area contributed by atoms with Gasteiger partial charge in [-0.1, -0.05) is 18.2 Å². The first-order valence-corrected chi connectivity index (χ1v) is 7.40. The number of benzene rings is 1. The third-order valence-corrected chi connectivity index (χ3v) is 3.41. The summed E-state index contributed by atoms with van der Waals surface area (Å²) in [6.45, 7) is 5.55. The van der Waals surface area contributed by atoms with Crippen LogP contribution in [0.15, 0.2) is 24.3 Å². The summed E-state index contributed by atoms with van der Waals surface area (Å²) < 4.78 is 5.47. The van der Waals surface area contributed by atoms with Crippen molar-refractivity contribution in [2.75, 3.05) is 18.5 Å². The van der Waals surface area contributed by atoms with Crippen LogP contribution in [0.1, 0.15) is 32.3 Å². The van der Waals surface area contributed by atoms with E-state index in [9.17, 15) is 4.79 Å². The van der Waals surface area contributed by atoms with Crippen LogP contribution in [0.25, 0.3) is 0 Å². The number of carbonyl (C=O) groups excluding carboxylic acids is 1. The normalized spacial score (nSPS) is 16.9. The Morgan fingerprint density at radius 2 is 2.20 bits per heavy atom. The number of fused-ring (bicyclic) bond motifs is 1. The number of amides is 1. The van der Waals surface area contributed by atoms with Gasteiger partial charge in [0, 0.05) is 25.3 Å². The van der Waals surface area contributed by atoms with E-state index in [0.717, 1.165) is 38.1 Å². The van der Waals surface area contributed by atoms with Crippen LogP contribution in [0.3, 0.4) is 0 Å². The Balaban J connectivity index is 1.62. The smallest absolute Gasteiger partial charge is 0.242 e. The minimum atomic E-state index is -0.126. The molecule has 2 rings (SSSR count). The molecular formula is C16H24N2O2. The summed E-state index contributed by atoms with van der Waals surface area (Å²) in [5.74, 6) is 0.0889. The number of unbranched alkanes of at least 4 members (excludes halogenated alkanes) is 1. The Labute approximate surface area is 120 Å². The molecule has 0 fully saturated rings. The molecule has 0 aromatic heterocycles. The van der Waals surface area contributed by atoms with Crippen LogP contribution >= 0.6 is 0 Å². The van der Waals surface area contributed by atoms with E-state index in [1.165, 1.54) is 5.56 Å². The third kappa shape index (κ3) is 4.23. The highest BCUT2D eigenvalue weighted by atomic mass is 16.5. The largest absolute Gasteiger partial charge is 0.379 e. The fraction of sp³-hybridized carbons (Fsp3) is 0.562. The molecule has 0 aliphatic carbocycles. The summed E-state index contributed by atoms with van der Waals surface area (Å²) in [7, 11) is 0. The zero-order chi connectivity index (χ0) is 14.4. The molecule has 2 N–H and O–H groups in total. The van der Waals surface area contributed by atoms with E-state index in [2.05, 4.69) is 16.7 Å². The van der Waals surface area contributed by atoms with Gasteiger partial charge in [0.1, 0.15) is 6.04 Å². The summed E-state index contributed by atoms with van der Waals surface area (Å²) in [6.07, 6.45) is 3.00. The van der Waals surface area contributed by atoms with Gasteiger partial charge in [0.05, 0.1) is 6.10 Å². The van der Waals surface area contributed by atoms with Crippen LogP contribution in [0.2, 0.25) is 0 Å². The van der Waals surface area contributed by atoms with Crippen LogP contribution in [0.4, 0.5) is 5.69 Å². The minimum absolute atomic E-state index is 0.0889. The molecular weight excluding hydrogens is 252 g/mol. The van der Waals surface area contributed by atoms with Crippen molar-refractivity contribution in [3.8, 4) is 0 Å². The molecule has 0 saturated carbocycles. The van der Waals surface area contributed by atoms with Crippen molar-refractivity contribution in [3.63, 3.8) is 0 Å². The topological polar surface area (TPSA) is 50.4 Å². The molecule has 110 valence electrons. The Hall–Kier alpha value is -1.55. The lowest BCUT2D eigenvalue weighted by molar-refractivity contribution is -0.121. The van der Waals surface area contributed by atoms with Gasteiger partial charge in [-0.2, -0.15) is 0 Å². The fourth-order valence-corrected chi connectivity index (χ4v) is 2.34. The molecule has 1 amide bonds. The Morgan fingerprint density at radius 3 is 2.95 bits per heavy atom. The molecule has 1 aliphatic rings. The fourth-order valence-electron chi connectivity index (χ4n) is 2.34. The quantitative estimate of drug-likeness (QED) is 0.752. The number of rotatable bonds is 7. The van der Waals surface area contributed by atoms with Crippen molar-refractivity contribution in [3.05, 3.63) is 29.8 Å². The van der Waals surface area contributed by atoms with Crippen LogP contribution in [0, 0.1) is 0 Å². The third-order valence-electron chi connectivity index (χ3n) is 3.41. The molecule has 4 nitrogen and oxygen atoms in total. The lowest BCUT2D eigenvalue weighted by Crippen LogP contribution is -2.38. The van der Waals surface area contributed by atoms with Gasteiger partial charge in [0.25, 0.3) is 0 Å². The number of para-hydroxylation sites is 1. The lowest BCUT2D eigenvalue weighted by Gasteiger charge is -2.12. The second-order valence-electron chi connectivity index (χ2n) is 5.48. The predicted octanol–water partition coefficient (Wildman–Crippen LogP) is 2.34. The van der Waals surface area contributed by atoms with E-state index < -0.39 is 0 Å². The molecule has 4 heteroatoms. The number of anilines is 1. The van der Waals surface area contributed by atoms with Crippen molar-refractivity contribution in [2.45, 2.75) is 45.3 Å². The maximum absolute atomic E-state index is 12.0. The molecule has 0 saturated heterocycles. The minimum Gasteiger partial charge on any atom is -0.379 e. The van der Waals surface area contributed by atoms with Gasteiger partial charge in [-0.05, 0) is 38.3 Å². The highest BCUT2D eigenvalue weighted by Gasteiger charge is 2.25. The molecule has 0 unspecified atom stereocenters. The molecule has 1 atom stereocenters. The lowest BCUT2D eigenvalue weighted by atomic mass is 10.1. The van der Waals surface area contributed by atoms with Crippen LogP contribution in [-0.2, 0) is 16.0 Å². The number of hydrogen-bond donors (Lipinski definition) is 2. The standard InChI is InChI=1S/C16H24N2O2/c1-12(2)20-10-6-5-9-17-16(19)15-11-13-7-3-4-8-14(13)18-15/h3-4,7-8,12,15,18H,5-6,9-11H2,1-2H3,(H,17,19)/t15-/m0/s1. The van der Waals surface area contributed by atoms with Gasteiger partial charge in [-0.3, -0.25) is 4.79 Å². The van der Waals surface area contributed by atoms with Crippen molar-refractivity contribution in [1.29, 1.82) is 0 Å². The maximum Gasteiger partial charge on any atom is 0.242 e. The zero-order valence-electron chi connectivity index (χ0n) is 12.3. The summed E-state index contributed by atoms with van der Waals surface area (Å²) >= 11 is 0. The second-order valence-corrected chi connectivity index (χ2v) is 5.48. The first kappa shape index (κ1) is 14.9. The van der Waals surface area contributed by atoms with Crippen molar-refractivity contribution < 1.29 is 9.53 Å². The van der Waals surface area contributed by atoms with E-state index in [1.807, 2.05) is 32.0 Å². The molecule has 20 heavy (non-hydrogen) atoms. The zero-order valence-corrected chi connectivity index (χ0v) is 12.3. The van der Waals surface area contributed by atoms with E-state index in [0.29, 0.717) is 0 Å². The molecule has 0 spiro atoms. The average Bonchev–Trinajstić information content (AvgIpc) is 2.86. The summed E-state index contributed by atoms with van der Waals surface area (Å²) in [5.41, 5.74) is 2.30. The van der Waals surface area contributed by atoms with Crippen molar-refractivity contribution >= 4 is 11.6 Å².